The van der Waals surface area contributed by atoms with E-state index in [-0.39, 0.29) is 11.3 Å². The monoisotopic (exact) mass is 348 g/mol. The molecule has 0 bridgehead atoms. The number of ether oxygens (including phenoxy) is 1. The Morgan fingerprint density at radius 3 is 2.79 bits per heavy atom. The van der Waals surface area contributed by atoms with E-state index < -0.39 is 12.5 Å². The van der Waals surface area contributed by atoms with Gasteiger partial charge in [-0.1, -0.05) is 12.1 Å². The number of para-hydroxylation sites is 1. The van der Waals surface area contributed by atoms with E-state index in [0.717, 1.165) is 36.1 Å². The highest BCUT2D eigenvalue weighted by Gasteiger charge is 2.23. The van der Waals surface area contributed by atoms with Crippen LogP contribution in [0, 0.1) is 11.3 Å². The third-order valence-corrected chi connectivity index (χ3v) is 5.07. The first-order chi connectivity index (χ1) is 11.6. The summed E-state index contributed by atoms with van der Waals surface area (Å²) < 4.78 is 29.3. The Kier molecular flexibility index (Phi) is 4.76. The Hall–Kier alpha value is -2.46. The number of nitrogens with zero attached hydrogens (tertiary/aromatic N) is 1. The fourth-order valence-corrected chi connectivity index (χ4v) is 4.03. The van der Waals surface area contributed by atoms with E-state index in [1.807, 2.05) is 0 Å². The maximum Gasteiger partial charge on any atom is 0.387 e. The fourth-order valence-electron chi connectivity index (χ4n) is 2.80. The van der Waals surface area contributed by atoms with Gasteiger partial charge in [0.15, 0.2) is 0 Å². The van der Waals surface area contributed by atoms with Crippen LogP contribution in [0.3, 0.4) is 0 Å². The number of nitrogens with one attached hydrogen (secondary N) is 1. The van der Waals surface area contributed by atoms with Gasteiger partial charge in [0.1, 0.15) is 16.8 Å². The van der Waals surface area contributed by atoms with Crippen molar-refractivity contribution in [3.63, 3.8) is 0 Å². The van der Waals surface area contributed by atoms with E-state index in [1.165, 1.54) is 29.5 Å². The van der Waals surface area contributed by atoms with Crippen molar-refractivity contribution in [2.45, 2.75) is 32.3 Å². The maximum atomic E-state index is 12.5. The zero-order valence-corrected chi connectivity index (χ0v) is 13.5. The SMILES string of the molecule is N#Cc1c(NC(=O)c2ccccc2OC(F)F)sc2c1CCCC2. The normalized spacial score (nSPS) is 13.2. The first-order valence-electron chi connectivity index (χ1n) is 7.50. The number of rotatable bonds is 4. The van der Waals surface area contributed by atoms with Crippen LogP contribution in [0.15, 0.2) is 24.3 Å². The first-order valence-corrected chi connectivity index (χ1v) is 8.31. The minimum absolute atomic E-state index is 0.00746. The summed E-state index contributed by atoms with van der Waals surface area (Å²) in [5.41, 5.74) is 1.49. The number of carbonyl (C=O) groups is 1. The van der Waals surface area contributed by atoms with E-state index >= 15 is 0 Å². The minimum Gasteiger partial charge on any atom is -0.434 e. The van der Waals surface area contributed by atoms with Gasteiger partial charge in [-0.15, -0.1) is 11.3 Å². The fraction of sp³-hybridized carbons (Fsp3) is 0.294. The summed E-state index contributed by atoms with van der Waals surface area (Å²) in [6.45, 7) is -3.01. The van der Waals surface area contributed by atoms with Gasteiger partial charge in [0.05, 0.1) is 11.1 Å². The molecule has 0 spiro atoms. The highest BCUT2D eigenvalue weighted by molar-refractivity contribution is 7.16. The average molecular weight is 348 g/mol. The van der Waals surface area contributed by atoms with Crippen LogP contribution < -0.4 is 10.1 Å². The molecule has 1 aromatic heterocycles. The Labute approximate surface area is 141 Å². The van der Waals surface area contributed by atoms with E-state index in [4.69, 9.17) is 0 Å². The van der Waals surface area contributed by atoms with Crippen molar-refractivity contribution >= 4 is 22.2 Å². The molecule has 0 radical (unpaired) electrons. The molecule has 0 saturated carbocycles. The Morgan fingerprint density at radius 1 is 1.29 bits per heavy atom. The first kappa shape index (κ1) is 16.4. The maximum absolute atomic E-state index is 12.5. The largest absolute Gasteiger partial charge is 0.434 e. The van der Waals surface area contributed by atoms with E-state index in [9.17, 15) is 18.8 Å². The number of alkyl halides is 2. The lowest BCUT2D eigenvalue weighted by atomic mass is 9.96. The predicted molar refractivity (Wildman–Crippen MR) is 86.7 cm³/mol. The highest BCUT2D eigenvalue weighted by Crippen LogP contribution is 2.38. The summed E-state index contributed by atoms with van der Waals surface area (Å²) in [5.74, 6) is -0.758. The smallest absolute Gasteiger partial charge is 0.387 e. The number of anilines is 1. The zero-order chi connectivity index (χ0) is 17.1. The molecule has 4 nitrogen and oxygen atoms in total. The number of amides is 1. The molecule has 0 unspecified atom stereocenters. The van der Waals surface area contributed by atoms with Crippen LogP contribution in [0.25, 0.3) is 0 Å². The van der Waals surface area contributed by atoms with Crippen LogP contribution in [-0.2, 0) is 12.8 Å². The van der Waals surface area contributed by atoms with Gasteiger partial charge in [-0.25, -0.2) is 0 Å². The molecule has 7 heteroatoms. The van der Waals surface area contributed by atoms with Crippen LogP contribution in [0.5, 0.6) is 5.75 Å². The summed E-state index contributed by atoms with van der Waals surface area (Å²) in [6, 6.07) is 7.95. The molecule has 1 heterocycles. The number of hydrogen-bond donors (Lipinski definition) is 1. The number of carbonyl (C=O) groups excluding carboxylic acids is 1. The zero-order valence-electron chi connectivity index (χ0n) is 12.6. The lowest BCUT2D eigenvalue weighted by molar-refractivity contribution is -0.0501. The number of benzene rings is 1. The molecule has 124 valence electrons. The standard InChI is InChI=1S/C17H14F2N2O2S/c18-17(19)23-13-7-3-1-6-11(13)15(22)21-16-12(9-20)10-5-2-4-8-14(10)24-16/h1,3,6-7,17H,2,4-5,8H2,(H,21,22). The van der Waals surface area contributed by atoms with E-state index in [2.05, 4.69) is 16.1 Å². The van der Waals surface area contributed by atoms with Crippen LogP contribution in [0.4, 0.5) is 13.8 Å². The minimum atomic E-state index is -3.01. The Morgan fingerprint density at radius 2 is 2.04 bits per heavy atom. The van der Waals surface area contributed by atoms with Crippen molar-refractivity contribution in [1.82, 2.24) is 0 Å². The molecule has 0 saturated heterocycles. The number of halogens is 2. The van der Waals surface area contributed by atoms with Crippen molar-refractivity contribution in [2.75, 3.05) is 5.32 Å². The molecule has 2 aromatic rings. The summed E-state index contributed by atoms with van der Waals surface area (Å²) in [5, 5.41) is 12.6. The number of hydrogen-bond acceptors (Lipinski definition) is 4. The molecule has 24 heavy (non-hydrogen) atoms. The highest BCUT2D eigenvalue weighted by atomic mass is 32.1. The molecule has 1 aliphatic rings. The van der Waals surface area contributed by atoms with Gasteiger partial charge < -0.3 is 10.1 Å². The number of nitriles is 1. The van der Waals surface area contributed by atoms with Crippen molar-refractivity contribution in [3.8, 4) is 11.8 Å². The summed E-state index contributed by atoms with van der Waals surface area (Å²) >= 11 is 1.39. The van der Waals surface area contributed by atoms with Crippen molar-refractivity contribution in [1.29, 1.82) is 5.26 Å². The summed E-state index contributed by atoms with van der Waals surface area (Å²) in [6.07, 6.45) is 3.82. The van der Waals surface area contributed by atoms with Gasteiger partial charge in [-0.2, -0.15) is 14.0 Å². The summed E-state index contributed by atoms with van der Waals surface area (Å²) in [7, 11) is 0. The quantitative estimate of drug-likeness (QED) is 0.893. The van der Waals surface area contributed by atoms with Crippen molar-refractivity contribution < 1.29 is 18.3 Å². The van der Waals surface area contributed by atoms with Gasteiger partial charge in [0.2, 0.25) is 0 Å². The van der Waals surface area contributed by atoms with E-state index in [1.54, 1.807) is 6.07 Å². The Bertz CT molecular complexity index is 811. The van der Waals surface area contributed by atoms with Crippen LogP contribution in [0.2, 0.25) is 0 Å². The van der Waals surface area contributed by atoms with Crippen LogP contribution in [-0.4, -0.2) is 12.5 Å². The second-order valence-corrected chi connectivity index (χ2v) is 6.46. The molecule has 1 N–H and O–H groups in total. The number of thiophene rings is 1. The Balaban J connectivity index is 1.89. The van der Waals surface area contributed by atoms with Gasteiger partial charge >= 0.3 is 6.61 Å². The number of aryl methyl sites for hydroxylation is 1. The van der Waals surface area contributed by atoms with Gasteiger partial charge in [0.25, 0.3) is 5.91 Å². The predicted octanol–water partition coefficient (Wildman–Crippen LogP) is 4.35. The molecule has 3 rings (SSSR count). The topological polar surface area (TPSA) is 62.1 Å². The average Bonchev–Trinajstić information content (AvgIpc) is 2.91. The summed E-state index contributed by atoms with van der Waals surface area (Å²) in [4.78, 5) is 13.6. The molecule has 1 aliphatic carbocycles. The molecule has 0 fully saturated rings. The second-order valence-electron chi connectivity index (χ2n) is 5.36. The third kappa shape index (κ3) is 3.24. The molecule has 1 amide bonds. The van der Waals surface area contributed by atoms with Crippen molar-refractivity contribution in [3.05, 3.63) is 45.8 Å². The molecule has 0 atom stereocenters. The van der Waals surface area contributed by atoms with Crippen LogP contribution in [0.1, 0.15) is 39.2 Å². The van der Waals surface area contributed by atoms with E-state index in [0.29, 0.717) is 10.6 Å². The van der Waals surface area contributed by atoms with Gasteiger partial charge in [-0.3, -0.25) is 4.79 Å². The lowest BCUT2D eigenvalue weighted by Gasteiger charge is -2.10. The lowest BCUT2D eigenvalue weighted by Crippen LogP contribution is -2.15. The molecular formula is C17H14F2N2O2S. The van der Waals surface area contributed by atoms with Gasteiger partial charge in [0, 0.05) is 4.88 Å². The second kappa shape index (κ2) is 6.97. The molecular weight excluding hydrogens is 334 g/mol. The van der Waals surface area contributed by atoms with Crippen molar-refractivity contribution in [2.24, 2.45) is 0 Å². The van der Waals surface area contributed by atoms with Gasteiger partial charge in [-0.05, 0) is 43.4 Å². The number of fused-ring (bicyclic) bond motifs is 1. The third-order valence-electron chi connectivity index (χ3n) is 3.86. The molecule has 0 aliphatic heterocycles. The van der Waals surface area contributed by atoms with Crippen LogP contribution >= 0.6 is 11.3 Å². The molecule has 1 aromatic carbocycles.